The van der Waals surface area contributed by atoms with E-state index in [1.807, 2.05) is 6.07 Å². The predicted octanol–water partition coefficient (Wildman–Crippen LogP) is 2.41. The summed E-state index contributed by atoms with van der Waals surface area (Å²) in [6, 6.07) is 6.54. The topological polar surface area (TPSA) is 72.5 Å². The van der Waals surface area contributed by atoms with Gasteiger partial charge in [-0.15, -0.1) is 0 Å². The molecule has 0 amide bonds. The van der Waals surface area contributed by atoms with Crippen LogP contribution < -0.4 is 5.73 Å². The van der Waals surface area contributed by atoms with E-state index < -0.39 is 18.1 Å². The summed E-state index contributed by atoms with van der Waals surface area (Å²) < 4.78 is 4.78. The Hall–Kier alpha value is -1.39. The summed E-state index contributed by atoms with van der Waals surface area (Å²) in [6.07, 6.45) is 4.93. The minimum atomic E-state index is -0.610. The van der Waals surface area contributed by atoms with Crippen molar-refractivity contribution in [2.75, 3.05) is 7.11 Å². The molecule has 0 bridgehead atoms. The standard InChI is InChI=1S/C16H23NO3/c1-20-16(19)13-10-6-5-9-12(13)14(17)15(18)11-7-3-2-4-8-11/h5-6,9-11,14-15,18H,2-4,7-8,17H2,1H3/t14-,15+/m0/s1. The number of methoxy groups -OCH3 is 1. The minimum Gasteiger partial charge on any atom is -0.465 e. The molecule has 0 spiro atoms. The summed E-state index contributed by atoms with van der Waals surface area (Å²) >= 11 is 0. The fourth-order valence-electron chi connectivity index (χ4n) is 3.04. The van der Waals surface area contributed by atoms with E-state index in [1.54, 1.807) is 18.2 Å². The lowest BCUT2D eigenvalue weighted by atomic mass is 9.80. The lowest BCUT2D eigenvalue weighted by Crippen LogP contribution is -2.35. The van der Waals surface area contributed by atoms with Crippen molar-refractivity contribution in [3.63, 3.8) is 0 Å². The van der Waals surface area contributed by atoms with Crippen LogP contribution >= 0.6 is 0 Å². The average Bonchev–Trinajstić information content (AvgIpc) is 2.53. The van der Waals surface area contributed by atoms with Crippen LogP contribution in [0.15, 0.2) is 24.3 Å². The zero-order valence-electron chi connectivity index (χ0n) is 11.9. The van der Waals surface area contributed by atoms with Gasteiger partial charge in [-0.2, -0.15) is 0 Å². The fraction of sp³-hybridized carbons (Fsp3) is 0.562. The highest BCUT2D eigenvalue weighted by molar-refractivity contribution is 5.91. The first-order valence-electron chi connectivity index (χ1n) is 7.26. The summed E-state index contributed by atoms with van der Waals surface area (Å²) in [5, 5.41) is 10.5. The molecule has 2 rings (SSSR count). The Balaban J connectivity index is 2.19. The number of ether oxygens (including phenoxy) is 1. The number of rotatable bonds is 4. The second-order valence-corrected chi connectivity index (χ2v) is 5.49. The number of hydrogen-bond donors (Lipinski definition) is 2. The number of hydrogen-bond acceptors (Lipinski definition) is 4. The molecular formula is C16H23NO3. The third-order valence-electron chi connectivity index (χ3n) is 4.23. The highest BCUT2D eigenvalue weighted by atomic mass is 16.5. The lowest BCUT2D eigenvalue weighted by Gasteiger charge is -2.31. The van der Waals surface area contributed by atoms with Gasteiger partial charge >= 0.3 is 5.97 Å². The third-order valence-corrected chi connectivity index (χ3v) is 4.23. The van der Waals surface area contributed by atoms with Crippen LogP contribution in [0.4, 0.5) is 0 Å². The van der Waals surface area contributed by atoms with Crippen molar-refractivity contribution in [3.05, 3.63) is 35.4 Å². The van der Waals surface area contributed by atoms with Crippen molar-refractivity contribution in [2.45, 2.75) is 44.2 Å². The number of aliphatic hydroxyl groups is 1. The van der Waals surface area contributed by atoms with E-state index in [4.69, 9.17) is 10.5 Å². The molecule has 1 aromatic rings. The quantitative estimate of drug-likeness (QED) is 0.829. The van der Waals surface area contributed by atoms with Crippen LogP contribution in [-0.4, -0.2) is 24.3 Å². The molecular weight excluding hydrogens is 254 g/mol. The minimum absolute atomic E-state index is 0.226. The van der Waals surface area contributed by atoms with Crippen LogP contribution in [0.25, 0.3) is 0 Å². The van der Waals surface area contributed by atoms with Crippen LogP contribution in [0.1, 0.15) is 54.1 Å². The Morgan fingerprint density at radius 1 is 1.30 bits per heavy atom. The molecule has 1 aliphatic rings. The molecule has 0 unspecified atom stereocenters. The Morgan fingerprint density at radius 2 is 1.95 bits per heavy atom. The van der Waals surface area contributed by atoms with E-state index >= 15 is 0 Å². The summed E-state index contributed by atoms with van der Waals surface area (Å²) in [5.41, 5.74) is 7.31. The van der Waals surface area contributed by atoms with Crippen molar-refractivity contribution in [1.82, 2.24) is 0 Å². The van der Waals surface area contributed by atoms with Gasteiger partial charge in [-0.3, -0.25) is 0 Å². The maximum absolute atomic E-state index is 11.8. The molecule has 3 N–H and O–H groups in total. The maximum atomic E-state index is 11.8. The van der Waals surface area contributed by atoms with Gasteiger partial charge in [0.25, 0.3) is 0 Å². The lowest BCUT2D eigenvalue weighted by molar-refractivity contribution is 0.0563. The number of esters is 1. The summed E-state index contributed by atoms with van der Waals surface area (Å²) in [4.78, 5) is 11.8. The smallest absolute Gasteiger partial charge is 0.338 e. The third kappa shape index (κ3) is 3.19. The Kier molecular flexibility index (Phi) is 5.15. The molecule has 0 radical (unpaired) electrons. The number of aliphatic hydroxyl groups excluding tert-OH is 1. The molecule has 1 fully saturated rings. The van der Waals surface area contributed by atoms with Crippen molar-refractivity contribution in [3.8, 4) is 0 Å². The van der Waals surface area contributed by atoms with E-state index in [-0.39, 0.29) is 5.92 Å². The molecule has 1 aromatic carbocycles. The summed E-state index contributed by atoms with van der Waals surface area (Å²) in [5.74, 6) is -0.184. The molecule has 4 nitrogen and oxygen atoms in total. The summed E-state index contributed by atoms with van der Waals surface area (Å²) in [6.45, 7) is 0. The Morgan fingerprint density at radius 3 is 2.60 bits per heavy atom. The van der Waals surface area contributed by atoms with Gasteiger partial charge in [0.15, 0.2) is 0 Å². The number of carbonyl (C=O) groups is 1. The molecule has 0 aliphatic heterocycles. The molecule has 0 saturated heterocycles. The zero-order chi connectivity index (χ0) is 14.5. The SMILES string of the molecule is COC(=O)c1ccccc1[C@H](N)[C@H](O)C1CCCCC1. The highest BCUT2D eigenvalue weighted by Gasteiger charge is 2.29. The molecule has 4 heteroatoms. The van der Waals surface area contributed by atoms with Crippen molar-refractivity contribution in [2.24, 2.45) is 11.7 Å². The van der Waals surface area contributed by atoms with Gasteiger partial charge in [0, 0.05) is 0 Å². The highest BCUT2D eigenvalue weighted by Crippen LogP contribution is 2.32. The van der Waals surface area contributed by atoms with E-state index in [2.05, 4.69) is 0 Å². The molecule has 0 heterocycles. The molecule has 1 aliphatic carbocycles. The van der Waals surface area contributed by atoms with Gasteiger partial charge in [0.1, 0.15) is 0 Å². The molecule has 110 valence electrons. The second-order valence-electron chi connectivity index (χ2n) is 5.49. The fourth-order valence-corrected chi connectivity index (χ4v) is 3.04. The number of carbonyl (C=O) groups excluding carboxylic acids is 1. The van der Waals surface area contributed by atoms with Crippen LogP contribution in [0.2, 0.25) is 0 Å². The van der Waals surface area contributed by atoms with Gasteiger partial charge in [-0.1, -0.05) is 37.5 Å². The van der Waals surface area contributed by atoms with Crippen LogP contribution in [0.5, 0.6) is 0 Å². The number of benzene rings is 1. The zero-order valence-corrected chi connectivity index (χ0v) is 11.9. The number of nitrogens with two attached hydrogens (primary N) is 1. The normalized spacial score (nSPS) is 19.4. The molecule has 0 aromatic heterocycles. The van der Waals surface area contributed by atoms with E-state index in [1.165, 1.54) is 13.5 Å². The molecule has 20 heavy (non-hydrogen) atoms. The monoisotopic (exact) mass is 277 g/mol. The maximum Gasteiger partial charge on any atom is 0.338 e. The van der Waals surface area contributed by atoms with Crippen molar-refractivity contribution >= 4 is 5.97 Å². The van der Waals surface area contributed by atoms with Crippen molar-refractivity contribution in [1.29, 1.82) is 0 Å². The van der Waals surface area contributed by atoms with E-state index in [9.17, 15) is 9.90 Å². The average molecular weight is 277 g/mol. The van der Waals surface area contributed by atoms with Crippen LogP contribution in [-0.2, 0) is 4.74 Å². The van der Waals surface area contributed by atoms with Crippen molar-refractivity contribution < 1.29 is 14.6 Å². The predicted molar refractivity (Wildman–Crippen MR) is 77.3 cm³/mol. The Bertz CT molecular complexity index is 455. The van der Waals surface area contributed by atoms with Crippen LogP contribution in [0.3, 0.4) is 0 Å². The van der Waals surface area contributed by atoms with E-state index in [0.29, 0.717) is 11.1 Å². The second kappa shape index (κ2) is 6.86. The first-order valence-corrected chi connectivity index (χ1v) is 7.26. The van der Waals surface area contributed by atoms with Gasteiger partial charge in [-0.05, 0) is 30.4 Å². The first kappa shape index (κ1) is 15.0. The van der Waals surface area contributed by atoms with Gasteiger partial charge in [0.2, 0.25) is 0 Å². The van der Waals surface area contributed by atoms with Gasteiger partial charge in [0.05, 0.1) is 24.8 Å². The van der Waals surface area contributed by atoms with E-state index in [0.717, 1.165) is 25.7 Å². The first-order chi connectivity index (χ1) is 9.65. The van der Waals surface area contributed by atoms with Gasteiger partial charge < -0.3 is 15.6 Å². The van der Waals surface area contributed by atoms with Crippen LogP contribution in [0, 0.1) is 5.92 Å². The Labute approximate surface area is 119 Å². The summed E-state index contributed by atoms with van der Waals surface area (Å²) in [7, 11) is 1.35. The largest absolute Gasteiger partial charge is 0.465 e. The van der Waals surface area contributed by atoms with Gasteiger partial charge in [-0.25, -0.2) is 4.79 Å². The molecule has 2 atom stereocenters. The molecule has 1 saturated carbocycles.